The molecule has 28 heavy (non-hydrogen) atoms. The van der Waals surface area contributed by atoms with Crippen LogP contribution in [0.15, 0.2) is 6.20 Å². The first kappa shape index (κ1) is 20.1. The highest BCUT2D eigenvalue weighted by Gasteiger charge is 2.38. The van der Waals surface area contributed by atoms with Gasteiger partial charge in [-0.1, -0.05) is 6.92 Å². The summed E-state index contributed by atoms with van der Waals surface area (Å²) in [7, 11) is 0. The standard InChI is InChI=1S/C19H28N6O3/c1-11-5-6-14(15-4-2-3-7-28-15)25(10-11)19(27)18(26)24-13-9-23-17(22)12(8-20)16(13)21/h8-9,11,14-15,20H,2-7,10H2,1H3,(H,24,26)(H4,21,22,23)/t11-,14+,15+/m0/s1. The van der Waals surface area contributed by atoms with E-state index in [0.29, 0.717) is 19.1 Å². The maximum absolute atomic E-state index is 13.0. The summed E-state index contributed by atoms with van der Waals surface area (Å²) in [5.74, 6) is -0.956. The molecule has 0 bridgehead atoms. The monoisotopic (exact) mass is 388 g/mol. The fourth-order valence-corrected chi connectivity index (χ4v) is 3.98. The lowest BCUT2D eigenvalue weighted by Gasteiger charge is -2.43. The zero-order valence-electron chi connectivity index (χ0n) is 16.1. The van der Waals surface area contributed by atoms with E-state index in [2.05, 4.69) is 17.2 Å². The van der Waals surface area contributed by atoms with Crippen molar-refractivity contribution < 1.29 is 14.3 Å². The van der Waals surface area contributed by atoms with Crippen molar-refractivity contribution in [2.24, 2.45) is 5.92 Å². The Kier molecular flexibility index (Phi) is 6.13. The highest BCUT2D eigenvalue weighted by Crippen LogP contribution is 2.30. The molecule has 6 N–H and O–H groups in total. The topological polar surface area (TPSA) is 147 Å². The van der Waals surface area contributed by atoms with Gasteiger partial charge >= 0.3 is 11.8 Å². The number of hydrogen-bond donors (Lipinski definition) is 4. The van der Waals surface area contributed by atoms with Crippen LogP contribution in [0.4, 0.5) is 17.2 Å². The van der Waals surface area contributed by atoms with Crippen molar-refractivity contribution in [2.45, 2.75) is 51.2 Å². The Hall–Kier alpha value is -2.68. The number of pyridine rings is 1. The summed E-state index contributed by atoms with van der Waals surface area (Å²) in [6, 6.07) is -0.0891. The molecule has 152 valence electrons. The second-order valence-electron chi connectivity index (χ2n) is 7.60. The smallest absolute Gasteiger partial charge is 0.314 e. The van der Waals surface area contributed by atoms with Gasteiger partial charge in [0.25, 0.3) is 0 Å². The normalized spacial score (nSPS) is 25.2. The largest absolute Gasteiger partial charge is 0.396 e. The van der Waals surface area contributed by atoms with Crippen molar-refractivity contribution in [2.75, 3.05) is 29.9 Å². The van der Waals surface area contributed by atoms with Crippen LogP contribution in [-0.4, -0.2) is 53.2 Å². The summed E-state index contributed by atoms with van der Waals surface area (Å²) in [5.41, 5.74) is 12.1. The SMILES string of the molecule is C[C@H]1CC[C@H]([C@H]2CCCCO2)N(C(=O)C(=O)Nc2cnc(N)c(C=N)c2N)C1. The zero-order valence-corrected chi connectivity index (χ0v) is 16.1. The number of aromatic nitrogens is 1. The van der Waals surface area contributed by atoms with Gasteiger partial charge in [-0.05, 0) is 38.0 Å². The summed E-state index contributed by atoms with van der Waals surface area (Å²) in [4.78, 5) is 31.2. The van der Waals surface area contributed by atoms with Crippen LogP contribution in [0.3, 0.4) is 0 Å². The molecule has 3 heterocycles. The predicted octanol–water partition coefficient (Wildman–Crippen LogP) is 1.38. The van der Waals surface area contributed by atoms with Gasteiger partial charge in [0, 0.05) is 19.4 Å². The Morgan fingerprint density at radius 3 is 2.79 bits per heavy atom. The van der Waals surface area contributed by atoms with E-state index in [9.17, 15) is 9.59 Å². The Morgan fingerprint density at radius 1 is 1.32 bits per heavy atom. The molecule has 2 aliphatic rings. The number of carbonyl (C=O) groups excluding carboxylic acids is 2. The summed E-state index contributed by atoms with van der Waals surface area (Å²) in [6.07, 6.45) is 7.09. The first-order valence-electron chi connectivity index (χ1n) is 9.70. The highest BCUT2D eigenvalue weighted by atomic mass is 16.5. The maximum Gasteiger partial charge on any atom is 0.314 e. The van der Waals surface area contributed by atoms with E-state index in [1.807, 2.05) is 0 Å². The van der Waals surface area contributed by atoms with Crippen LogP contribution < -0.4 is 16.8 Å². The van der Waals surface area contributed by atoms with Crippen LogP contribution in [0, 0.1) is 11.3 Å². The van der Waals surface area contributed by atoms with E-state index >= 15 is 0 Å². The quantitative estimate of drug-likeness (QED) is 0.454. The van der Waals surface area contributed by atoms with Crippen molar-refractivity contribution in [3.05, 3.63) is 11.8 Å². The number of hydrogen-bond acceptors (Lipinski definition) is 7. The summed E-state index contributed by atoms with van der Waals surface area (Å²) >= 11 is 0. The summed E-state index contributed by atoms with van der Waals surface area (Å²) < 4.78 is 5.90. The first-order chi connectivity index (χ1) is 13.4. The van der Waals surface area contributed by atoms with Gasteiger partial charge in [0.05, 0.1) is 35.3 Å². The fraction of sp³-hybridized carbons (Fsp3) is 0.579. The molecule has 3 rings (SSSR count). The van der Waals surface area contributed by atoms with Crippen molar-refractivity contribution >= 4 is 35.2 Å². The minimum absolute atomic E-state index is 0.0224. The molecule has 2 aliphatic heterocycles. The number of carbonyl (C=O) groups is 2. The molecule has 1 aromatic heterocycles. The van der Waals surface area contributed by atoms with Crippen LogP contribution >= 0.6 is 0 Å². The predicted molar refractivity (Wildman–Crippen MR) is 107 cm³/mol. The molecule has 9 nitrogen and oxygen atoms in total. The molecule has 2 fully saturated rings. The van der Waals surface area contributed by atoms with E-state index in [-0.39, 0.29) is 34.9 Å². The van der Waals surface area contributed by atoms with Gasteiger partial charge in [-0.2, -0.15) is 0 Å². The van der Waals surface area contributed by atoms with Gasteiger partial charge in [-0.25, -0.2) is 4.98 Å². The third-order valence-corrected chi connectivity index (χ3v) is 5.54. The molecule has 2 saturated heterocycles. The average molecular weight is 388 g/mol. The lowest BCUT2D eigenvalue weighted by molar-refractivity contribution is -0.151. The Labute approximate surface area is 164 Å². The molecular formula is C19H28N6O3. The number of ether oxygens (including phenoxy) is 1. The first-order valence-corrected chi connectivity index (χ1v) is 9.70. The van der Waals surface area contributed by atoms with Gasteiger partial charge in [-0.3, -0.25) is 9.59 Å². The van der Waals surface area contributed by atoms with Crippen molar-refractivity contribution in [3.63, 3.8) is 0 Å². The van der Waals surface area contributed by atoms with Crippen molar-refractivity contribution in [1.82, 2.24) is 9.88 Å². The molecule has 0 radical (unpaired) electrons. The Morgan fingerprint density at radius 2 is 2.11 bits per heavy atom. The Balaban J connectivity index is 1.76. The van der Waals surface area contributed by atoms with E-state index in [1.54, 1.807) is 4.90 Å². The highest BCUT2D eigenvalue weighted by molar-refractivity contribution is 6.40. The van der Waals surface area contributed by atoms with Crippen LogP contribution in [0.5, 0.6) is 0 Å². The van der Waals surface area contributed by atoms with Crippen LogP contribution in [-0.2, 0) is 14.3 Å². The lowest BCUT2D eigenvalue weighted by Crippen LogP contribution is -2.55. The van der Waals surface area contributed by atoms with Gasteiger partial charge < -0.3 is 31.8 Å². The van der Waals surface area contributed by atoms with Gasteiger partial charge in [-0.15, -0.1) is 0 Å². The van der Waals surface area contributed by atoms with Crippen LogP contribution in [0.1, 0.15) is 44.6 Å². The van der Waals surface area contributed by atoms with Crippen molar-refractivity contribution in [1.29, 1.82) is 5.41 Å². The van der Waals surface area contributed by atoms with E-state index in [0.717, 1.165) is 38.3 Å². The fourth-order valence-electron chi connectivity index (χ4n) is 3.98. The maximum atomic E-state index is 13.0. The number of likely N-dealkylation sites (tertiary alicyclic amines) is 1. The number of rotatable bonds is 3. The molecule has 0 saturated carbocycles. The van der Waals surface area contributed by atoms with Gasteiger partial charge in [0.15, 0.2) is 0 Å². The van der Waals surface area contributed by atoms with Crippen molar-refractivity contribution in [3.8, 4) is 0 Å². The zero-order chi connectivity index (χ0) is 20.3. The lowest BCUT2D eigenvalue weighted by atomic mass is 9.88. The molecule has 0 unspecified atom stereocenters. The number of nitrogens with two attached hydrogens (primary N) is 2. The number of piperidine rings is 1. The molecule has 0 aromatic carbocycles. The van der Waals surface area contributed by atoms with Gasteiger partial charge in [0.2, 0.25) is 0 Å². The minimum atomic E-state index is -0.774. The van der Waals surface area contributed by atoms with E-state index in [4.69, 9.17) is 21.6 Å². The number of nitrogen functional groups attached to an aromatic ring is 2. The average Bonchev–Trinajstić information content (AvgIpc) is 2.70. The van der Waals surface area contributed by atoms with Crippen LogP contribution in [0.2, 0.25) is 0 Å². The molecule has 1 aromatic rings. The number of anilines is 3. The molecule has 3 atom stereocenters. The van der Waals surface area contributed by atoms with E-state index in [1.165, 1.54) is 6.20 Å². The third-order valence-electron chi connectivity index (χ3n) is 5.54. The molecule has 9 heteroatoms. The molecule has 0 spiro atoms. The van der Waals surface area contributed by atoms with Gasteiger partial charge in [0.1, 0.15) is 5.82 Å². The second kappa shape index (κ2) is 8.55. The second-order valence-corrected chi connectivity index (χ2v) is 7.60. The minimum Gasteiger partial charge on any atom is -0.396 e. The summed E-state index contributed by atoms with van der Waals surface area (Å²) in [5, 5.41) is 9.91. The van der Waals surface area contributed by atoms with Crippen LogP contribution in [0.25, 0.3) is 0 Å². The third kappa shape index (κ3) is 4.09. The number of amides is 2. The molecule has 2 amide bonds. The number of nitrogens with zero attached hydrogens (tertiary/aromatic N) is 2. The molecule has 0 aliphatic carbocycles. The Bertz CT molecular complexity index is 762. The van der Waals surface area contributed by atoms with E-state index < -0.39 is 11.8 Å². The number of nitrogens with one attached hydrogen (secondary N) is 2. The summed E-state index contributed by atoms with van der Waals surface area (Å²) in [6.45, 7) is 3.30. The molecular weight excluding hydrogens is 360 g/mol.